The van der Waals surface area contributed by atoms with Crippen LogP contribution in [-0.4, -0.2) is 23.8 Å². The van der Waals surface area contributed by atoms with Gasteiger partial charge in [-0.3, -0.25) is 4.79 Å². The molecule has 0 aromatic heterocycles. The van der Waals surface area contributed by atoms with E-state index >= 15 is 0 Å². The molecule has 0 fully saturated rings. The Balaban J connectivity index is 2.97. The van der Waals surface area contributed by atoms with E-state index in [0.717, 1.165) is 6.42 Å². The Morgan fingerprint density at radius 3 is 2.67 bits per heavy atom. The van der Waals surface area contributed by atoms with E-state index in [1.807, 2.05) is 20.8 Å². The third kappa shape index (κ3) is 4.28. The van der Waals surface area contributed by atoms with Gasteiger partial charge in [0, 0.05) is 11.6 Å². The number of ether oxygens (including phenoxy) is 2. The lowest BCUT2D eigenvalue weighted by atomic mass is 10.1. The van der Waals surface area contributed by atoms with Crippen LogP contribution in [0.5, 0.6) is 11.5 Å². The van der Waals surface area contributed by atoms with Crippen molar-refractivity contribution in [2.45, 2.75) is 39.7 Å². The minimum absolute atomic E-state index is 0.0435. The maximum absolute atomic E-state index is 10.8. The lowest BCUT2D eigenvalue weighted by Crippen LogP contribution is -2.12. The molecular weight excluding hydrogens is 232 g/mol. The first-order valence-corrected chi connectivity index (χ1v) is 6.21. The minimum atomic E-state index is -0.867. The number of hydrogen-bond acceptors (Lipinski definition) is 3. The zero-order valence-corrected chi connectivity index (χ0v) is 11.1. The zero-order valence-electron chi connectivity index (χ0n) is 11.1. The summed E-state index contributed by atoms with van der Waals surface area (Å²) in [6.07, 6.45) is 0.873. The van der Waals surface area contributed by atoms with E-state index in [9.17, 15) is 4.79 Å². The lowest BCUT2D eigenvalue weighted by Gasteiger charge is -2.16. The molecule has 0 bridgehead atoms. The molecule has 4 heteroatoms. The first-order valence-electron chi connectivity index (χ1n) is 6.21. The average Bonchev–Trinajstić information content (AvgIpc) is 2.32. The Morgan fingerprint density at radius 1 is 1.39 bits per heavy atom. The first-order chi connectivity index (χ1) is 8.56. The van der Waals surface area contributed by atoms with Gasteiger partial charge >= 0.3 is 5.97 Å². The molecule has 0 radical (unpaired) electrons. The van der Waals surface area contributed by atoms with E-state index in [1.54, 1.807) is 18.2 Å². The summed E-state index contributed by atoms with van der Waals surface area (Å²) in [6, 6.07) is 5.27. The Bertz CT molecular complexity index is 401. The van der Waals surface area contributed by atoms with Crippen LogP contribution >= 0.6 is 0 Å². The van der Waals surface area contributed by atoms with Crippen molar-refractivity contribution in [2.75, 3.05) is 6.61 Å². The fourth-order valence-corrected chi connectivity index (χ4v) is 1.51. The number of benzene rings is 1. The molecule has 0 heterocycles. The Labute approximate surface area is 108 Å². The second-order valence-electron chi connectivity index (χ2n) is 4.11. The van der Waals surface area contributed by atoms with E-state index < -0.39 is 5.97 Å². The molecule has 1 rings (SSSR count). The molecule has 0 saturated heterocycles. The molecule has 0 aliphatic rings. The van der Waals surface area contributed by atoms with E-state index in [0.29, 0.717) is 23.7 Å². The highest BCUT2D eigenvalue weighted by Gasteiger charge is 2.12. The topological polar surface area (TPSA) is 55.8 Å². The van der Waals surface area contributed by atoms with E-state index in [-0.39, 0.29) is 12.5 Å². The number of carboxylic acids is 1. The summed E-state index contributed by atoms with van der Waals surface area (Å²) in [7, 11) is 0. The molecule has 0 aliphatic carbocycles. The van der Waals surface area contributed by atoms with Crippen molar-refractivity contribution in [1.82, 2.24) is 0 Å². The van der Waals surface area contributed by atoms with Gasteiger partial charge in [0.05, 0.1) is 19.1 Å². The van der Waals surface area contributed by atoms with Crippen molar-refractivity contribution in [3.05, 3.63) is 23.8 Å². The Kier molecular flexibility index (Phi) is 5.49. The Morgan fingerprint density at radius 2 is 2.11 bits per heavy atom. The summed E-state index contributed by atoms with van der Waals surface area (Å²) < 4.78 is 11.1. The van der Waals surface area contributed by atoms with Gasteiger partial charge in [-0.1, -0.05) is 13.0 Å². The van der Waals surface area contributed by atoms with Crippen LogP contribution in [0.4, 0.5) is 0 Å². The molecule has 100 valence electrons. The van der Waals surface area contributed by atoms with Gasteiger partial charge in [-0.05, 0) is 26.3 Å². The predicted octanol–water partition coefficient (Wildman–Crippen LogP) is 2.89. The van der Waals surface area contributed by atoms with Crippen LogP contribution in [0.1, 0.15) is 32.8 Å². The summed E-state index contributed by atoms with van der Waals surface area (Å²) in [6.45, 7) is 6.45. The highest BCUT2D eigenvalue weighted by atomic mass is 16.5. The molecule has 0 amide bonds. The van der Waals surface area contributed by atoms with Crippen molar-refractivity contribution in [1.29, 1.82) is 0 Å². The highest BCUT2D eigenvalue weighted by Crippen LogP contribution is 2.27. The molecule has 0 spiro atoms. The standard InChI is InChI=1S/C14H20O4/c1-4-10(3)18-13-9-12(17-5-2)7-6-11(13)8-14(15)16/h6-7,9-10H,4-5,8H2,1-3H3,(H,15,16). The van der Waals surface area contributed by atoms with Crippen molar-refractivity contribution in [3.8, 4) is 11.5 Å². The van der Waals surface area contributed by atoms with Crippen molar-refractivity contribution < 1.29 is 19.4 Å². The zero-order chi connectivity index (χ0) is 13.5. The van der Waals surface area contributed by atoms with Crippen LogP contribution in [0.3, 0.4) is 0 Å². The smallest absolute Gasteiger partial charge is 0.307 e. The van der Waals surface area contributed by atoms with Gasteiger partial charge in [-0.25, -0.2) is 0 Å². The van der Waals surface area contributed by atoms with Crippen LogP contribution in [0.15, 0.2) is 18.2 Å². The van der Waals surface area contributed by atoms with Crippen LogP contribution in [0.2, 0.25) is 0 Å². The van der Waals surface area contributed by atoms with Gasteiger partial charge in [0.2, 0.25) is 0 Å². The fourth-order valence-electron chi connectivity index (χ4n) is 1.51. The minimum Gasteiger partial charge on any atom is -0.494 e. The molecule has 1 aromatic rings. The molecule has 18 heavy (non-hydrogen) atoms. The number of carbonyl (C=O) groups is 1. The maximum atomic E-state index is 10.8. The number of rotatable bonds is 7. The SMILES string of the molecule is CCOc1ccc(CC(=O)O)c(OC(C)CC)c1. The van der Waals surface area contributed by atoms with E-state index in [2.05, 4.69) is 0 Å². The molecule has 1 atom stereocenters. The highest BCUT2D eigenvalue weighted by molar-refractivity contribution is 5.71. The monoisotopic (exact) mass is 252 g/mol. The third-order valence-corrected chi connectivity index (χ3v) is 2.59. The lowest BCUT2D eigenvalue weighted by molar-refractivity contribution is -0.136. The van der Waals surface area contributed by atoms with E-state index in [4.69, 9.17) is 14.6 Å². The molecule has 4 nitrogen and oxygen atoms in total. The van der Waals surface area contributed by atoms with Crippen LogP contribution in [-0.2, 0) is 11.2 Å². The van der Waals surface area contributed by atoms with Gasteiger partial charge in [0.1, 0.15) is 11.5 Å². The molecule has 1 unspecified atom stereocenters. The fraction of sp³-hybridized carbons (Fsp3) is 0.500. The number of aliphatic carboxylic acids is 1. The number of carboxylic acid groups (broad SMARTS) is 1. The largest absolute Gasteiger partial charge is 0.494 e. The summed E-state index contributed by atoms with van der Waals surface area (Å²) >= 11 is 0. The Hall–Kier alpha value is -1.71. The quantitative estimate of drug-likeness (QED) is 0.810. The molecule has 0 aliphatic heterocycles. The normalized spacial score (nSPS) is 11.9. The van der Waals surface area contributed by atoms with Gasteiger partial charge in [-0.15, -0.1) is 0 Å². The summed E-state index contributed by atoms with van der Waals surface area (Å²) in [5, 5.41) is 8.87. The molecular formula is C14H20O4. The van der Waals surface area contributed by atoms with Crippen molar-refractivity contribution in [2.24, 2.45) is 0 Å². The summed E-state index contributed by atoms with van der Waals surface area (Å²) in [5.41, 5.74) is 0.672. The van der Waals surface area contributed by atoms with Crippen LogP contribution in [0.25, 0.3) is 0 Å². The summed E-state index contributed by atoms with van der Waals surface area (Å²) in [4.78, 5) is 10.8. The van der Waals surface area contributed by atoms with Crippen LogP contribution in [0, 0.1) is 0 Å². The van der Waals surface area contributed by atoms with E-state index in [1.165, 1.54) is 0 Å². The third-order valence-electron chi connectivity index (χ3n) is 2.59. The van der Waals surface area contributed by atoms with Gasteiger partial charge in [0.15, 0.2) is 0 Å². The number of hydrogen-bond donors (Lipinski definition) is 1. The second kappa shape index (κ2) is 6.89. The molecule has 0 saturated carbocycles. The van der Waals surface area contributed by atoms with Gasteiger partial charge in [0.25, 0.3) is 0 Å². The second-order valence-corrected chi connectivity index (χ2v) is 4.11. The maximum Gasteiger partial charge on any atom is 0.307 e. The first kappa shape index (κ1) is 14.4. The van der Waals surface area contributed by atoms with Crippen molar-refractivity contribution in [3.63, 3.8) is 0 Å². The van der Waals surface area contributed by atoms with Gasteiger partial charge in [-0.2, -0.15) is 0 Å². The molecule has 1 N–H and O–H groups in total. The van der Waals surface area contributed by atoms with Crippen LogP contribution < -0.4 is 9.47 Å². The van der Waals surface area contributed by atoms with Gasteiger partial charge < -0.3 is 14.6 Å². The van der Waals surface area contributed by atoms with Crippen molar-refractivity contribution >= 4 is 5.97 Å². The average molecular weight is 252 g/mol. The predicted molar refractivity (Wildman–Crippen MR) is 69.3 cm³/mol. The molecule has 1 aromatic carbocycles. The summed E-state index contributed by atoms with van der Waals surface area (Å²) in [5.74, 6) is 0.427.